The molecule has 19 heavy (non-hydrogen) atoms. The van der Waals surface area contributed by atoms with Crippen molar-refractivity contribution in [2.24, 2.45) is 17.1 Å². The minimum absolute atomic E-state index is 0.0544. The molecule has 0 radical (unpaired) electrons. The van der Waals surface area contributed by atoms with E-state index in [1.807, 2.05) is 6.07 Å². The van der Waals surface area contributed by atoms with Crippen LogP contribution in [0.25, 0.3) is 0 Å². The van der Waals surface area contributed by atoms with Crippen molar-refractivity contribution in [1.82, 2.24) is 4.90 Å². The van der Waals surface area contributed by atoms with Crippen LogP contribution in [0.15, 0.2) is 23.0 Å². The topological polar surface area (TPSA) is 51.6 Å². The quantitative estimate of drug-likeness (QED) is 0.902. The van der Waals surface area contributed by atoms with Crippen LogP contribution in [0.4, 0.5) is 0 Å². The number of ether oxygens (including phenoxy) is 1. The molecule has 2 aliphatic rings. The molecule has 1 aromatic heterocycles. The van der Waals surface area contributed by atoms with Crippen molar-refractivity contribution in [3.8, 4) is 0 Å². The fourth-order valence-electron chi connectivity index (χ4n) is 3.99. The van der Waals surface area contributed by atoms with Crippen molar-refractivity contribution in [2.75, 3.05) is 20.2 Å². The van der Waals surface area contributed by atoms with Gasteiger partial charge < -0.3 is 19.8 Å². The summed E-state index contributed by atoms with van der Waals surface area (Å²) >= 11 is 0. The van der Waals surface area contributed by atoms with Gasteiger partial charge in [-0.15, -0.1) is 0 Å². The van der Waals surface area contributed by atoms with E-state index in [9.17, 15) is 0 Å². The number of rotatable bonds is 4. The first-order chi connectivity index (χ1) is 8.95. The summed E-state index contributed by atoms with van der Waals surface area (Å²) < 4.78 is 11.0. The Balaban J connectivity index is 1.68. The van der Waals surface area contributed by atoms with Gasteiger partial charge in [0.05, 0.1) is 18.6 Å². The van der Waals surface area contributed by atoms with E-state index in [4.69, 9.17) is 14.9 Å². The molecule has 1 saturated heterocycles. The van der Waals surface area contributed by atoms with Gasteiger partial charge in [-0.1, -0.05) is 13.8 Å². The molecule has 1 aromatic rings. The fourth-order valence-corrected chi connectivity index (χ4v) is 3.99. The van der Waals surface area contributed by atoms with E-state index in [1.165, 1.54) is 5.56 Å². The van der Waals surface area contributed by atoms with Gasteiger partial charge >= 0.3 is 0 Å². The third-order valence-electron chi connectivity index (χ3n) is 5.23. The molecule has 3 rings (SSSR count). The molecule has 3 unspecified atom stereocenters. The smallest absolute Gasteiger partial charge is 0.0947 e. The highest BCUT2D eigenvalue weighted by atomic mass is 16.5. The Bertz CT molecular complexity index is 443. The van der Waals surface area contributed by atoms with Gasteiger partial charge in [0.2, 0.25) is 0 Å². The van der Waals surface area contributed by atoms with E-state index < -0.39 is 0 Å². The van der Waals surface area contributed by atoms with Gasteiger partial charge in [0.1, 0.15) is 0 Å². The zero-order chi connectivity index (χ0) is 13.7. The van der Waals surface area contributed by atoms with E-state index >= 15 is 0 Å². The van der Waals surface area contributed by atoms with Crippen molar-refractivity contribution >= 4 is 0 Å². The summed E-state index contributed by atoms with van der Waals surface area (Å²) in [5.41, 5.74) is 7.86. The zero-order valence-electron chi connectivity index (χ0n) is 12.1. The van der Waals surface area contributed by atoms with Gasteiger partial charge in [0.25, 0.3) is 0 Å². The van der Waals surface area contributed by atoms with Crippen LogP contribution in [0, 0.1) is 11.3 Å². The Hall–Kier alpha value is -0.840. The van der Waals surface area contributed by atoms with Crippen molar-refractivity contribution in [1.29, 1.82) is 0 Å². The molecule has 0 amide bonds. The molecule has 0 aromatic carbocycles. The predicted octanol–water partition coefficient (Wildman–Crippen LogP) is 1.85. The molecular formula is C15H24N2O2. The number of fused-ring (bicyclic) bond motifs is 1. The normalized spacial score (nSPS) is 36.3. The SMILES string of the molecule is CN(Cc1ccoc1)CC1(N)C2CCOC2C1(C)C. The Kier molecular flexibility index (Phi) is 3.00. The second-order valence-corrected chi connectivity index (χ2v) is 6.75. The van der Waals surface area contributed by atoms with Crippen LogP contribution in [0.1, 0.15) is 25.8 Å². The molecule has 1 aliphatic heterocycles. The first kappa shape index (κ1) is 13.2. The van der Waals surface area contributed by atoms with Crippen molar-refractivity contribution in [3.63, 3.8) is 0 Å². The molecule has 3 atom stereocenters. The van der Waals surface area contributed by atoms with Crippen LogP contribution in [-0.4, -0.2) is 36.7 Å². The molecule has 1 saturated carbocycles. The Labute approximate surface area is 114 Å². The summed E-state index contributed by atoms with van der Waals surface area (Å²) in [6.45, 7) is 7.12. The molecule has 4 nitrogen and oxygen atoms in total. The number of nitrogens with two attached hydrogens (primary N) is 1. The first-order valence-electron chi connectivity index (χ1n) is 7.05. The maximum atomic E-state index is 6.75. The summed E-state index contributed by atoms with van der Waals surface area (Å²) in [6, 6.07) is 2.01. The molecule has 1 aliphatic carbocycles. The van der Waals surface area contributed by atoms with Crippen molar-refractivity contribution in [3.05, 3.63) is 24.2 Å². The summed E-state index contributed by atoms with van der Waals surface area (Å²) in [4.78, 5) is 2.29. The van der Waals surface area contributed by atoms with E-state index in [-0.39, 0.29) is 11.0 Å². The van der Waals surface area contributed by atoms with Crippen LogP contribution >= 0.6 is 0 Å². The van der Waals surface area contributed by atoms with Crippen molar-refractivity contribution in [2.45, 2.75) is 38.5 Å². The highest BCUT2D eigenvalue weighted by Gasteiger charge is 2.67. The van der Waals surface area contributed by atoms with Crippen LogP contribution in [0.3, 0.4) is 0 Å². The van der Waals surface area contributed by atoms with Crippen LogP contribution in [-0.2, 0) is 11.3 Å². The molecule has 2 heterocycles. The lowest BCUT2D eigenvalue weighted by Crippen LogP contribution is -2.77. The minimum Gasteiger partial charge on any atom is -0.472 e. The van der Waals surface area contributed by atoms with Gasteiger partial charge in [-0.2, -0.15) is 0 Å². The lowest BCUT2D eigenvalue weighted by atomic mass is 9.48. The van der Waals surface area contributed by atoms with Crippen molar-refractivity contribution < 1.29 is 9.15 Å². The average Bonchev–Trinajstić information content (AvgIpc) is 2.97. The second kappa shape index (κ2) is 4.33. The lowest BCUT2D eigenvalue weighted by molar-refractivity contribution is -0.162. The first-order valence-corrected chi connectivity index (χ1v) is 7.05. The average molecular weight is 264 g/mol. The van der Waals surface area contributed by atoms with Gasteiger partial charge in [-0.05, 0) is 19.5 Å². The number of hydrogen-bond donors (Lipinski definition) is 1. The molecule has 2 fully saturated rings. The number of hydrogen-bond acceptors (Lipinski definition) is 4. The maximum absolute atomic E-state index is 6.75. The second-order valence-electron chi connectivity index (χ2n) is 6.75. The molecule has 106 valence electrons. The Morgan fingerprint density at radius 3 is 2.95 bits per heavy atom. The van der Waals surface area contributed by atoms with E-state index in [0.29, 0.717) is 12.0 Å². The minimum atomic E-state index is -0.146. The number of nitrogens with zero attached hydrogens (tertiary/aromatic N) is 1. The zero-order valence-corrected chi connectivity index (χ0v) is 12.1. The monoisotopic (exact) mass is 264 g/mol. The van der Waals surface area contributed by atoms with E-state index in [0.717, 1.165) is 26.1 Å². The molecule has 0 spiro atoms. The van der Waals surface area contributed by atoms with Gasteiger partial charge in [-0.3, -0.25) is 0 Å². The number of furan rings is 1. The summed E-state index contributed by atoms with van der Waals surface area (Å²) in [5, 5.41) is 0. The Morgan fingerprint density at radius 2 is 2.26 bits per heavy atom. The van der Waals surface area contributed by atoms with E-state index in [2.05, 4.69) is 25.8 Å². The van der Waals surface area contributed by atoms with Gasteiger partial charge in [0.15, 0.2) is 0 Å². The van der Waals surface area contributed by atoms with Gasteiger partial charge in [-0.25, -0.2) is 0 Å². The summed E-state index contributed by atoms with van der Waals surface area (Å²) in [6.07, 6.45) is 4.96. The summed E-state index contributed by atoms with van der Waals surface area (Å²) in [5.74, 6) is 0.509. The molecule has 0 bridgehead atoms. The third-order valence-corrected chi connectivity index (χ3v) is 5.23. The predicted molar refractivity (Wildman–Crippen MR) is 73.6 cm³/mol. The van der Waals surface area contributed by atoms with Crippen LogP contribution < -0.4 is 5.73 Å². The molecule has 2 N–H and O–H groups in total. The van der Waals surface area contributed by atoms with E-state index in [1.54, 1.807) is 12.5 Å². The maximum Gasteiger partial charge on any atom is 0.0947 e. The summed E-state index contributed by atoms with van der Waals surface area (Å²) in [7, 11) is 2.13. The fraction of sp³-hybridized carbons (Fsp3) is 0.733. The molecule has 4 heteroatoms. The van der Waals surface area contributed by atoms with Gasteiger partial charge in [0, 0.05) is 42.1 Å². The Morgan fingerprint density at radius 1 is 1.47 bits per heavy atom. The lowest BCUT2D eigenvalue weighted by Gasteiger charge is -2.63. The largest absolute Gasteiger partial charge is 0.472 e. The standard InChI is InChI=1S/C15H24N2O2/c1-14(2)13-12(5-7-19-13)15(14,16)10-17(3)8-11-4-6-18-9-11/h4,6,9,12-13H,5,7-8,10,16H2,1-3H3. The third kappa shape index (κ3) is 1.85. The highest BCUT2D eigenvalue weighted by Crippen LogP contribution is 2.58. The molecular weight excluding hydrogens is 240 g/mol. The number of likely N-dealkylation sites (N-methyl/N-ethyl adjacent to an activating group) is 1. The van der Waals surface area contributed by atoms with Crippen LogP contribution in [0.5, 0.6) is 0 Å². The van der Waals surface area contributed by atoms with Crippen LogP contribution in [0.2, 0.25) is 0 Å². The highest BCUT2D eigenvalue weighted by molar-refractivity contribution is 5.21.